The Kier molecular flexibility index (Phi) is 4.36. The van der Waals surface area contributed by atoms with Crippen molar-refractivity contribution in [1.82, 2.24) is 9.97 Å². The quantitative estimate of drug-likeness (QED) is 0.884. The van der Waals surface area contributed by atoms with Crippen LogP contribution in [0, 0.1) is 6.92 Å². The Morgan fingerprint density at radius 1 is 1.28 bits per heavy atom. The van der Waals surface area contributed by atoms with Crippen molar-refractivity contribution in [2.75, 3.05) is 6.61 Å². The van der Waals surface area contributed by atoms with Gasteiger partial charge in [-0.05, 0) is 39.5 Å². The van der Waals surface area contributed by atoms with Crippen LogP contribution in [0.25, 0.3) is 0 Å². The fraction of sp³-hybridized carbons (Fsp3) is 0.692. The fourth-order valence-corrected chi connectivity index (χ4v) is 2.14. The lowest BCUT2D eigenvalue weighted by molar-refractivity contribution is 0.133. The van der Waals surface area contributed by atoms with Gasteiger partial charge in [-0.1, -0.05) is 0 Å². The van der Waals surface area contributed by atoms with E-state index in [4.69, 9.17) is 15.2 Å². The highest BCUT2D eigenvalue weighted by Gasteiger charge is 2.21. The number of hydrogen-bond acceptors (Lipinski definition) is 5. The van der Waals surface area contributed by atoms with Crippen LogP contribution in [0.3, 0.4) is 0 Å². The topological polar surface area (TPSA) is 70.3 Å². The van der Waals surface area contributed by atoms with Gasteiger partial charge in [0.15, 0.2) is 0 Å². The molecule has 100 valence electrons. The van der Waals surface area contributed by atoms with Crippen molar-refractivity contribution in [1.29, 1.82) is 0 Å². The summed E-state index contributed by atoms with van der Waals surface area (Å²) < 4.78 is 11.2. The molecule has 5 heteroatoms. The molecule has 2 rings (SSSR count). The monoisotopic (exact) mass is 251 g/mol. The summed E-state index contributed by atoms with van der Waals surface area (Å²) in [7, 11) is 0. The van der Waals surface area contributed by atoms with Crippen LogP contribution in [0.2, 0.25) is 0 Å². The van der Waals surface area contributed by atoms with Crippen LogP contribution >= 0.6 is 0 Å². The van der Waals surface area contributed by atoms with E-state index in [-0.39, 0.29) is 6.10 Å². The number of nitrogens with two attached hydrogens (primary N) is 1. The van der Waals surface area contributed by atoms with Gasteiger partial charge in [0, 0.05) is 17.8 Å². The van der Waals surface area contributed by atoms with Gasteiger partial charge in [-0.3, -0.25) is 0 Å². The lowest BCUT2D eigenvalue weighted by atomic mass is 9.94. The van der Waals surface area contributed by atoms with Gasteiger partial charge >= 0.3 is 6.01 Å². The highest BCUT2D eigenvalue weighted by molar-refractivity contribution is 5.17. The third-order valence-corrected chi connectivity index (χ3v) is 3.09. The summed E-state index contributed by atoms with van der Waals surface area (Å²) in [6.07, 6.45) is 4.15. The Bertz CT molecular complexity index is 390. The van der Waals surface area contributed by atoms with E-state index < -0.39 is 0 Å². The first-order valence-electron chi connectivity index (χ1n) is 6.58. The van der Waals surface area contributed by atoms with Gasteiger partial charge in [0.2, 0.25) is 5.88 Å². The number of aryl methyl sites for hydroxylation is 1. The van der Waals surface area contributed by atoms with E-state index in [2.05, 4.69) is 9.97 Å². The molecule has 18 heavy (non-hydrogen) atoms. The van der Waals surface area contributed by atoms with Gasteiger partial charge in [0.25, 0.3) is 0 Å². The summed E-state index contributed by atoms with van der Waals surface area (Å²) in [6, 6.07) is 2.55. The number of ether oxygens (including phenoxy) is 2. The predicted octanol–water partition coefficient (Wildman–Crippen LogP) is 1.83. The van der Waals surface area contributed by atoms with E-state index in [1.807, 2.05) is 19.9 Å². The van der Waals surface area contributed by atoms with Crippen LogP contribution in [0.15, 0.2) is 6.07 Å². The number of rotatable bonds is 4. The maximum Gasteiger partial charge on any atom is 0.320 e. The van der Waals surface area contributed by atoms with Crippen LogP contribution in [-0.4, -0.2) is 28.7 Å². The summed E-state index contributed by atoms with van der Waals surface area (Å²) >= 11 is 0. The molecule has 0 spiro atoms. The normalized spacial score (nSPS) is 23.7. The molecule has 1 saturated carbocycles. The molecule has 1 aromatic heterocycles. The molecule has 2 N–H and O–H groups in total. The lowest BCUT2D eigenvalue weighted by Gasteiger charge is -2.25. The molecular weight excluding hydrogens is 230 g/mol. The first kappa shape index (κ1) is 13.1. The van der Waals surface area contributed by atoms with E-state index in [0.717, 1.165) is 31.4 Å². The van der Waals surface area contributed by atoms with Crippen molar-refractivity contribution < 1.29 is 9.47 Å². The van der Waals surface area contributed by atoms with Crippen LogP contribution in [0.5, 0.6) is 11.9 Å². The molecule has 1 heterocycles. The van der Waals surface area contributed by atoms with Gasteiger partial charge in [-0.2, -0.15) is 4.98 Å². The Morgan fingerprint density at radius 3 is 2.67 bits per heavy atom. The highest BCUT2D eigenvalue weighted by Crippen LogP contribution is 2.22. The zero-order valence-corrected chi connectivity index (χ0v) is 11.1. The van der Waals surface area contributed by atoms with Crippen molar-refractivity contribution in [3.8, 4) is 11.9 Å². The first-order chi connectivity index (χ1) is 8.67. The third-order valence-electron chi connectivity index (χ3n) is 3.09. The van der Waals surface area contributed by atoms with E-state index in [0.29, 0.717) is 24.5 Å². The Morgan fingerprint density at radius 2 is 2.00 bits per heavy atom. The number of hydrogen-bond donors (Lipinski definition) is 1. The molecular formula is C13H21N3O2. The van der Waals surface area contributed by atoms with Crippen molar-refractivity contribution in [3.05, 3.63) is 11.8 Å². The molecule has 0 radical (unpaired) electrons. The van der Waals surface area contributed by atoms with E-state index >= 15 is 0 Å². The molecule has 1 aromatic rings. The highest BCUT2D eigenvalue weighted by atomic mass is 16.5. The van der Waals surface area contributed by atoms with Crippen LogP contribution in [-0.2, 0) is 0 Å². The van der Waals surface area contributed by atoms with Gasteiger partial charge in [-0.25, -0.2) is 4.98 Å². The van der Waals surface area contributed by atoms with Crippen molar-refractivity contribution in [2.45, 2.75) is 51.7 Å². The smallest absolute Gasteiger partial charge is 0.320 e. The Hall–Kier alpha value is -1.36. The molecule has 0 aromatic carbocycles. The Labute approximate surface area is 108 Å². The molecule has 1 aliphatic carbocycles. The first-order valence-corrected chi connectivity index (χ1v) is 6.58. The van der Waals surface area contributed by atoms with Crippen LogP contribution in [0.1, 0.15) is 38.3 Å². The van der Waals surface area contributed by atoms with Crippen molar-refractivity contribution in [3.63, 3.8) is 0 Å². The average Bonchev–Trinajstić information content (AvgIpc) is 2.32. The largest absolute Gasteiger partial charge is 0.478 e. The SMILES string of the molecule is CCOc1cc(C)nc(OC2CCC(N)CC2)n1. The second kappa shape index (κ2) is 6.00. The molecule has 0 amide bonds. The molecule has 0 bridgehead atoms. The standard InChI is InChI=1S/C13H21N3O2/c1-3-17-12-8-9(2)15-13(16-12)18-11-6-4-10(14)5-7-11/h8,10-11H,3-7,14H2,1-2H3. The summed E-state index contributed by atoms with van der Waals surface area (Å²) in [5.41, 5.74) is 6.73. The maximum absolute atomic E-state index is 5.87. The molecule has 5 nitrogen and oxygen atoms in total. The van der Waals surface area contributed by atoms with Crippen molar-refractivity contribution >= 4 is 0 Å². The van der Waals surface area contributed by atoms with Crippen molar-refractivity contribution in [2.24, 2.45) is 5.73 Å². The summed E-state index contributed by atoms with van der Waals surface area (Å²) in [5, 5.41) is 0. The Balaban J connectivity index is 2.00. The average molecular weight is 251 g/mol. The second-order valence-electron chi connectivity index (χ2n) is 4.72. The van der Waals surface area contributed by atoms with E-state index in [1.165, 1.54) is 0 Å². The minimum atomic E-state index is 0.182. The number of nitrogens with zero attached hydrogens (tertiary/aromatic N) is 2. The lowest BCUT2D eigenvalue weighted by Crippen LogP contribution is -2.32. The molecule has 0 unspecified atom stereocenters. The number of aromatic nitrogens is 2. The van der Waals surface area contributed by atoms with Crippen LogP contribution in [0.4, 0.5) is 0 Å². The summed E-state index contributed by atoms with van der Waals surface area (Å²) in [4.78, 5) is 8.53. The zero-order chi connectivity index (χ0) is 13.0. The maximum atomic E-state index is 5.87. The predicted molar refractivity (Wildman–Crippen MR) is 68.8 cm³/mol. The summed E-state index contributed by atoms with van der Waals surface area (Å²) in [5.74, 6) is 0.576. The van der Waals surface area contributed by atoms with E-state index in [1.54, 1.807) is 0 Å². The minimum absolute atomic E-state index is 0.182. The molecule has 0 atom stereocenters. The van der Waals surface area contributed by atoms with Crippen LogP contribution < -0.4 is 15.2 Å². The minimum Gasteiger partial charge on any atom is -0.478 e. The molecule has 1 fully saturated rings. The van der Waals surface area contributed by atoms with Gasteiger partial charge in [0.1, 0.15) is 6.10 Å². The third kappa shape index (κ3) is 3.57. The van der Waals surface area contributed by atoms with E-state index in [9.17, 15) is 0 Å². The molecule has 0 aliphatic heterocycles. The summed E-state index contributed by atoms with van der Waals surface area (Å²) in [6.45, 7) is 4.43. The zero-order valence-electron chi connectivity index (χ0n) is 11.1. The fourth-order valence-electron chi connectivity index (χ4n) is 2.14. The molecule has 1 aliphatic rings. The van der Waals surface area contributed by atoms with Gasteiger partial charge < -0.3 is 15.2 Å². The van der Waals surface area contributed by atoms with Gasteiger partial charge in [0.05, 0.1) is 6.61 Å². The second-order valence-corrected chi connectivity index (χ2v) is 4.72. The van der Waals surface area contributed by atoms with Gasteiger partial charge in [-0.15, -0.1) is 0 Å². The molecule has 0 saturated heterocycles.